The van der Waals surface area contributed by atoms with E-state index in [4.69, 9.17) is 25.8 Å². The maximum Gasteiger partial charge on any atom is 0.123 e. The predicted octanol–water partition coefficient (Wildman–Crippen LogP) is 3.24. The molecule has 1 fully saturated rings. The van der Waals surface area contributed by atoms with Crippen molar-refractivity contribution in [2.75, 3.05) is 64.6 Å². The molecule has 6 nitrogen and oxygen atoms in total. The van der Waals surface area contributed by atoms with Crippen LogP contribution in [-0.4, -0.2) is 75.8 Å². The van der Waals surface area contributed by atoms with Gasteiger partial charge in [0.15, 0.2) is 0 Å². The molecule has 1 heterocycles. The van der Waals surface area contributed by atoms with Crippen molar-refractivity contribution in [2.24, 2.45) is 0 Å². The molecule has 0 radical (unpaired) electrons. The molecule has 1 aliphatic heterocycles. The van der Waals surface area contributed by atoms with Crippen molar-refractivity contribution >= 4 is 17.3 Å². The maximum atomic E-state index is 10.3. The standard InChI is InChI=1S/C23H31ClN2O4/c1-18-6-7-19(24)14-23(18)26-10-8-25(9-11-26)16-20(27)17-29-12-13-30-22-5-3-4-21(15-22)28-2/h3-7,14-15,20,27H,8-13,16-17H2,1-2H3. The van der Waals surface area contributed by atoms with E-state index < -0.39 is 6.10 Å². The molecule has 0 saturated carbocycles. The van der Waals surface area contributed by atoms with E-state index in [1.54, 1.807) is 7.11 Å². The summed E-state index contributed by atoms with van der Waals surface area (Å²) in [5.41, 5.74) is 2.43. The summed E-state index contributed by atoms with van der Waals surface area (Å²) in [5.74, 6) is 1.50. The molecule has 1 aliphatic rings. The highest BCUT2D eigenvalue weighted by Crippen LogP contribution is 2.25. The van der Waals surface area contributed by atoms with E-state index in [0.29, 0.717) is 26.4 Å². The molecule has 3 rings (SSSR count). The molecular formula is C23H31ClN2O4. The molecule has 1 unspecified atom stereocenters. The molecule has 30 heavy (non-hydrogen) atoms. The lowest BCUT2D eigenvalue weighted by Crippen LogP contribution is -2.49. The van der Waals surface area contributed by atoms with Crippen LogP contribution in [0, 0.1) is 6.92 Å². The number of aryl methyl sites for hydroxylation is 1. The van der Waals surface area contributed by atoms with E-state index in [1.807, 2.05) is 36.4 Å². The number of nitrogens with zero attached hydrogens (tertiary/aromatic N) is 2. The van der Waals surface area contributed by atoms with Gasteiger partial charge >= 0.3 is 0 Å². The Morgan fingerprint density at radius 3 is 2.57 bits per heavy atom. The molecular weight excluding hydrogens is 404 g/mol. The van der Waals surface area contributed by atoms with Gasteiger partial charge in [0.2, 0.25) is 0 Å². The molecule has 2 aromatic carbocycles. The first-order valence-electron chi connectivity index (χ1n) is 10.3. The molecule has 164 valence electrons. The third-order valence-corrected chi connectivity index (χ3v) is 5.44. The van der Waals surface area contributed by atoms with Gasteiger partial charge in [0.05, 0.1) is 26.4 Å². The quantitative estimate of drug-likeness (QED) is 0.579. The Hall–Kier alpha value is -1.99. The Labute approximate surface area is 183 Å². The normalized spacial score (nSPS) is 15.8. The fraction of sp³-hybridized carbons (Fsp3) is 0.478. The molecule has 0 aromatic heterocycles. The van der Waals surface area contributed by atoms with Crippen molar-refractivity contribution in [3.63, 3.8) is 0 Å². The molecule has 1 atom stereocenters. The summed E-state index contributed by atoms with van der Waals surface area (Å²) in [6.07, 6.45) is -0.513. The van der Waals surface area contributed by atoms with Crippen LogP contribution in [0.1, 0.15) is 5.56 Å². The Morgan fingerprint density at radius 2 is 1.80 bits per heavy atom. The predicted molar refractivity (Wildman–Crippen MR) is 120 cm³/mol. The first-order chi connectivity index (χ1) is 14.5. The zero-order valence-electron chi connectivity index (χ0n) is 17.7. The van der Waals surface area contributed by atoms with Crippen molar-refractivity contribution in [3.05, 3.63) is 53.1 Å². The average molecular weight is 435 g/mol. The zero-order chi connectivity index (χ0) is 21.3. The van der Waals surface area contributed by atoms with Gasteiger partial charge in [-0.1, -0.05) is 23.7 Å². The van der Waals surface area contributed by atoms with Crippen molar-refractivity contribution in [3.8, 4) is 11.5 Å². The number of hydrogen-bond donors (Lipinski definition) is 1. The van der Waals surface area contributed by atoms with E-state index >= 15 is 0 Å². The molecule has 0 bridgehead atoms. The zero-order valence-corrected chi connectivity index (χ0v) is 18.5. The minimum Gasteiger partial charge on any atom is -0.497 e. The van der Waals surface area contributed by atoms with Crippen LogP contribution in [0.3, 0.4) is 0 Å². The molecule has 2 aromatic rings. The maximum absolute atomic E-state index is 10.3. The summed E-state index contributed by atoms with van der Waals surface area (Å²) < 4.78 is 16.4. The third-order valence-electron chi connectivity index (χ3n) is 5.20. The molecule has 1 saturated heterocycles. The number of hydrogen-bond acceptors (Lipinski definition) is 6. The summed E-state index contributed by atoms with van der Waals surface area (Å²) in [7, 11) is 1.63. The number of β-amino-alcohol motifs (C(OH)–C–C–N with tert-alkyl or cyclic N) is 1. The number of anilines is 1. The Balaban J connectivity index is 1.31. The Bertz CT molecular complexity index is 797. The highest BCUT2D eigenvalue weighted by atomic mass is 35.5. The van der Waals surface area contributed by atoms with Gasteiger partial charge in [0.25, 0.3) is 0 Å². The second-order valence-electron chi connectivity index (χ2n) is 7.47. The van der Waals surface area contributed by atoms with Crippen molar-refractivity contribution in [1.82, 2.24) is 4.90 Å². The van der Waals surface area contributed by atoms with E-state index in [1.165, 1.54) is 11.3 Å². The number of rotatable bonds is 10. The van der Waals surface area contributed by atoms with Gasteiger partial charge in [-0.3, -0.25) is 4.90 Å². The number of halogens is 1. The van der Waals surface area contributed by atoms with Crippen LogP contribution in [-0.2, 0) is 4.74 Å². The molecule has 0 amide bonds. The number of benzene rings is 2. The smallest absolute Gasteiger partial charge is 0.123 e. The number of methoxy groups -OCH3 is 1. The number of aliphatic hydroxyl groups is 1. The van der Waals surface area contributed by atoms with E-state index in [0.717, 1.165) is 42.7 Å². The molecule has 0 spiro atoms. The van der Waals surface area contributed by atoms with Gasteiger partial charge in [0.1, 0.15) is 18.1 Å². The monoisotopic (exact) mass is 434 g/mol. The highest BCUT2D eigenvalue weighted by Gasteiger charge is 2.20. The third kappa shape index (κ3) is 6.77. The van der Waals surface area contributed by atoms with Gasteiger partial charge < -0.3 is 24.2 Å². The van der Waals surface area contributed by atoms with E-state index in [9.17, 15) is 5.11 Å². The fourth-order valence-electron chi connectivity index (χ4n) is 3.57. The first kappa shape index (κ1) is 22.7. The lowest BCUT2D eigenvalue weighted by molar-refractivity contribution is 0.00717. The molecule has 1 N–H and O–H groups in total. The summed E-state index contributed by atoms with van der Waals surface area (Å²) in [4.78, 5) is 4.63. The average Bonchev–Trinajstić information content (AvgIpc) is 2.76. The minimum absolute atomic E-state index is 0.301. The molecule has 7 heteroatoms. The van der Waals surface area contributed by atoms with Crippen molar-refractivity contribution < 1.29 is 19.3 Å². The lowest BCUT2D eigenvalue weighted by atomic mass is 10.1. The molecule has 0 aliphatic carbocycles. The highest BCUT2D eigenvalue weighted by molar-refractivity contribution is 6.30. The Kier molecular flexibility index (Phi) is 8.63. The summed E-state index contributed by atoms with van der Waals surface area (Å²) in [6.45, 7) is 7.52. The van der Waals surface area contributed by atoms with Crippen LogP contribution in [0.2, 0.25) is 5.02 Å². The van der Waals surface area contributed by atoms with E-state index in [-0.39, 0.29) is 0 Å². The first-order valence-corrected chi connectivity index (χ1v) is 10.7. The topological polar surface area (TPSA) is 54.4 Å². The van der Waals surface area contributed by atoms with Crippen LogP contribution >= 0.6 is 11.6 Å². The second kappa shape index (κ2) is 11.4. The van der Waals surface area contributed by atoms with Crippen LogP contribution < -0.4 is 14.4 Å². The van der Waals surface area contributed by atoms with Gasteiger partial charge in [-0.25, -0.2) is 0 Å². The second-order valence-corrected chi connectivity index (χ2v) is 7.91. The van der Waals surface area contributed by atoms with Crippen molar-refractivity contribution in [1.29, 1.82) is 0 Å². The van der Waals surface area contributed by atoms with Crippen LogP contribution in [0.15, 0.2) is 42.5 Å². The van der Waals surface area contributed by atoms with Crippen molar-refractivity contribution in [2.45, 2.75) is 13.0 Å². The SMILES string of the molecule is COc1cccc(OCCOCC(O)CN2CCN(c3cc(Cl)ccc3C)CC2)c1. The van der Waals surface area contributed by atoms with Crippen LogP contribution in [0.5, 0.6) is 11.5 Å². The number of piperazine rings is 1. The lowest BCUT2D eigenvalue weighted by Gasteiger charge is -2.37. The van der Waals surface area contributed by atoms with Gasteiger partial charge in [-0.2, -0.15) is 0 Å². The van der Waals surface area contributed by atoms with Crippen LogP contribution in [0.25, 0.3) is 0 Å². The van der Waals surface area contributed by atoms with Gasteiger partial charge in [0, 0.05) is 49.5 Å². The van der Waals surface area contributed by atoms with Gasteiger partial charge in [-0.05, 0) is 36.8 Å². The minimum atomic E-state index is -0.513. The largest absolute Gasteiger partial charge is 0.497 e. The van der Waals surface area contributed by atoms with Gasteiger partial charge in [-0.15, -0.1) is 0 Å². The summed E-state index contributed by atoms with van der Waals surface area (Å²) >= 11 is 6.15. The number of aliphatic hydroxyl groups excluding tert-OH is 1. The summed E-state index contributed by atoms with van der Waals surface area (Å²) in [6, 6.07) is 13.5. The van der Waals surface area contributed by atoms with Crippen LogP contribution in [0.4, 0.5) is 5.69 Å². The Morgan fingerprint density at radius 1 is 1.03 bits per heavy atom. The fourth-order valence-corrected chi connectivity index (χ4v) is 3.74. The van der Waals surface area contributed by atoms with E-state index in [2.05, 4.69) is 22.8 Å². The number of ether oxygens (including phenoxy) is 3. The summed E-state index contributed by atoms with van der Waals surface area (Å²) in [5, 5.41) is 11.1.